The van der Waals surface area contributed by atoms with Gasteiger partial charge in [0.1, 0.15) is 21.3 Å². The quantitative estimate of drug-likeness (QED) is 0.474. The zero-order chi connectivity index (χ0) is 20.0. The van der Waals surface area contributed by atoms with Crippen molar-refractivity contribution in [3.05, 3.63) is 46.4 Å². The maximum absolute atomic E-state index is 12.8. The Morgan fingerprint density at radius 1 is 1.14 bits per heavy atom. The maximum atomic E-state index is 12.8. The fraction of sp³-hybridized carbons (Fsp3) is 0.389. The Morgan fingerprint density at radius 3 is 2.57 bits per heavy atom. The summed E-state index contributed by atoms with van der Waals surface area (Å²) in [4.78, 5) is 12.4. The molecule has 2 heterocycles. The van der Waals surface area contributed by atoms with Gasteiger partial charge in [0.15, 0.2) is 0 Å². The molecule has 1 saturated heterocycles. The molecule has 1 fully saturated rings. The van der Waals surface area contributed by atoms with Crippen molar-refractivity contribution < 1.29 is 31.8 Å². The fourth-order valence-corrected chi connectivity index (χ4v) is 5.28. The van der Waals surface area contributed by atoms with Crippen molar-refractivity contribution in [3.8, 4) is 5.75 Å². The van der Waals surface area contributed by atoms with Crippen LogP contribution in [0.3, 0.4) is 0 Å². The minimum absolute atomic E-state index is 0.0352. The molecule has 0 saturated carbocycles. The van der Waals surface area contributed by atoms with Gasteiger partial charge in [-0.15, -0.1) is 11.3 Å². The van der Waals surface area contributed by atoms with E-state index in [1.165, 1.54) is 34.6 Å². The smallest absolute Gasteiger partial charge is 0.349 e. The second-order valence-electron chi connectivity index (χ2n) is 5.92. The molecule has 0 spiro atoms. The molecule has 28 heavy (non-hydrogen) atoms. The van der Waals surface area contributed by atoms with E-state index >= 15 is 0 Å². The van der Waals surface area contributed by atoms with E-state index in [-0.39, 0.29) is 41.9 Å². The summed E-state index contributed by atoms with van der Waals surface area (Å²) in [5.74, 6) is -0.506. The van der Waals surface area contributed by atoms with Crippen LogP contribution in [0.1, 0.15) is 16.1 Å². The summed E-state index contributed by atoms with van der Waals surface area (Å²) in [5, 5.41) is 1.56. The van der Waals surface area contributed by atoms with Gasteiger partial charge in [0.25, 0.3) is 0 Å². The van der Waals surface area contributed by atoms with Crippen LogP contribution < -0.4 is 4.74 Å². The Kier molecular flexibility index (Phi) is 7.00. The lowest BCUT2D eigenvalue weighted by Gasteiger charge is -2.25. The molecule has 0 unspecified atom stereocenters. The highest BCUT2D eigenvalue weighted by atomic mass is 32.2. The van der Waals surface area contributed by atoms with Gasteiger partial charge in [0, 0.05) is 19.5 Å². The van der Waals surface area contributed by atoms with Crippen molar-refractivity contribution >= 4 is 27.3 Å². The van der Waals surface area contributed by atoms with Gasteiger partial charge < -0.3 is 14.2 Å². The summed E-state index contributed by atoms with van der Waals surface area (Å²) in [6.07, 6.45) is 0.417. The van der Waals surface area contributed by atoms with E-state index in [9.17, 15) is 17.6 Å². The van der Waals surface area contributed by atoms with Crippen LogP contribution in [-0.4, -0.2) is 58.2 Å². The number of halogens is 1. The predicted molar refractivity (Wildman–Crippen MR) is 101 cm³/mol. The number of hydrogen-bond donors (Lipinski definition) is 0. The van der Waals surface area contributed by atoms with Gasteiger partial charge in [-0.25, -0.2) is 17.6 Å². The Morgan fingerprint density at radius 2 is 1.86 bits per heavy atom. The lowest BCUT2D eigenvalue weighted by Crippen LogP contribution is -2.40. The number of sulfonamides is 1. The number of thiophene rings is 1. The molecule has 7 nitrogen and oxygen atoms in total. The van der Waals surface area contributed by atoms with Crippen LogP contribution in [0.25, 0.3) is 0 Å². The zero-order valence-electron chi connectivity index (χ0n) is 15.0. The molecule has 0 aliphatic carbocycles. The third-order valence-corrected chi connectivity index (χ3v) is 6.97. The third kappa shape index (κ3) is 5.07. The van der Waals surface area contributed by atoms with Crippen molar-refractivity contribution in [2.45, 2.75) is 11.3 Å². The van der Waals surface area contributed by atoms with Crippen molar-refractivity contribution in [3.63, 3.8) is 0 Å². The maximum Gasteiger partial charge on any atom is 0.349 e. The highest BCUT2D eigenvalue weighted by molar-refractivity contribution is 7.89. The second kappa shape index (κ2) is 9.46. The van der Waals surface area contributed by atoms with E-state index in [1.54, 1.807) is 5.38 Å². The highest BCUT2D eigenvalue weighted by Crippen LogP contribution is 2.26. The first-order valence-corrected chi connectivity index (χ1v) is 11.0. The number of esters is 1. The van der Waals surface area contributed by atoms with Crippen molar-refractivity contribution in [2.24, 2.45) is 0 Å². The number of morpholine rings is 1. The first-order valence-electron chi connectivity index (χ1n) is 8.69. The summed E-state index contributed by atoms with van der Waals surface area (Å²) in [6.45, 7) is 1.53. The van der Waals surface area contributed by atoms with Gasteiger partial charge in [-0.1, -0.05) is 0 Å². The molecule has 1 aliphatic rings. The van der Waals surface area contributed by atoms with Gasteiger partial charge in [-0.2, -0.15) is 4.31 Å². The summed E-state index contributed by atoms with van der Waals surface area (Å²) in [6, 6.07) is 7.03. The average Bonchev–Trinajstić information content (AvgIpc) is 3.21. The number of ether oxygens (including phenoxy) is 3. The van der Waals surface area contributed by atoms with Crippen LogP contribution in [-0.2, 0) is 19.5 Å². The normalized spacial score (nSPS) is 15.3. The number of carbonyl (C=O) groups excluding carboxylic acids is 1. The summed E-state index contributed by atoms with van der Waals surface area (Å²) < 4.78 is 55.4. The predicted octanol–water partition coefficient (Wildman–Crippen LogP) is 2.53. The number of rotatable bonds is 8. The van der Waals surface area contributed by atoms with E-state index in [0.717, 1.165) is 11.3 Å². The van der Waals surface area contributed by atoms with E-state index in [2.05, 4.69) is 0 Å². The molecular formula is C18H20FNO6S2. The SMILES string of the molecule is O=C(OCCCOc1ccc(F)cc1)c1sccc1S(=O)(=O)N1CCOCC1. The van der Waals surface area contributed by atoms with Gasteiger partial charge in [-0.3, -0.25) is 0 Å². The number of nitrogens with zero attached hydrogens (tertiary/aromatic N) is 1. The fourth-order valence-electron chi connectivity index (χ4n) is 2.59. The Bertz CT molecular complexity index is 891. The lowest BCUT2D eigenvalue weighted by molar-refractivity contribution is 0.0487. The number of benzene rings is 1. The molecule has 3 rings (SSSR count). The highest BCUT2D eigenvalue weighted by Gasteiger charge is 2.31. The van der Waals surface area contributed by atoms with E-state index in [4.69, 9.17) is 14.2 Å². The molecule has 2 aromatic rings. The van der Waals surface area contributed by atoms with Gasteiger partial charge in [0.2, 0.25) is 10.0 Å². The van der Waals surface area contributed by atoms with Gasteiger partial charge >= 0.3 is 5.97 Å². The van der Waals surface area contributed by atoms with Crippen LogP contribution in [0, 0.1) is 5.82 Å². The largest absolute Gasteiger partial charge is 0.493 e. The summed E-state index contributed by atoms with van der Waals surface area (Å²) >= 11 is 1.03. The van der Waals surface area contributed by atoms with E-state index < -0.39 is 16.0 Å². The van der Waals surface area contributed by atoms with Crippen molar-refractivity contribution in [1.29, 1.82) is 0 Å². The molecular weight excluding hydrogens is 409 g/mol. The molecule has 152 valence electrons. The Labute approximate surface area is 166 Å². The van der Waals surface area contributed by atoms with Crippen LogP contribution in [0.5, 0.6) is 5.75 Å². The molecule has 1 aliphatic heterocycles. The average molecular weight is 429 g/mol. The van der Waals surface area contributed by atoms with Crippen LogP contribution >= 0.6 is 11.3 Å². The molecule has 0 amide bonds. The van der Waals surface area contributed by atoms with Crippen LogP contribution in [0.15, 0.2) is 40.6 Å². The minimum atomic E-state index is -3.76. The summed E-state index contributed by atoms with van der Waals surface area (Å²) in [7, 11) is -3.76. The first kappa shape index (κ1) is 20.7. The molecule has 0 radical (unpaired) electrons. The van der Waals surface area contributed by atoms with Crippen LogP contribution in [0.4, 0.5) is 4.39 Å². The zero-order valence-corrected chi connectivity index (χ0v) is 16.6. The van der Waals surface area contributed by atoms with E-state index in [1.807, 2.05) is 0 Å². The minimum Gasteiger partial charge on any atom is -0.493 e. The molecule has 10 heteroatoms. The first-order chi connectivity index (χ1) is 13.5. The number of hydrogen-bond acceptors (Lipinski definition) is 7. The van der Waals surface area contributed by atoms with Gasteiger partial charge in [0.05, 0.1) is 26.4 Å². The molecule has 0 bridgehead atoms. The molecule has 1 aromatic heterocycles. The molecule has 0 N–H and O–H groups in total. The van der Waals surface area contributed by atoms with Crippen molar-refractivity contribution in [1.82, 2.24) is 4.31 Å². The molecule has 0 atom stereocenters. The molecule has 1 aromatic carbocycles. The standard InChI is InChI=1S/C18H20FNO6S2/c19-14-2-4-15(5-3-14)25-9-1-10-26-18(21)17-16(6-13-27-17)28(22,23)20-7-11-24-12-8-20/h2-6,13H,1,7-12H2. The monoisotopic (exact) mass is 429 g/mol. The van der Waals surface area contributed by atoms with E-state index in [0.29, 0.717) is 25.4 Å². The Hall–Kier alpha value is -2.01. The second-order valence-corrected chi connectivity index (χ2v) is 8.74. The van der Waals surface area contributed by atoms with Crippen molar-refractivity contribution in [2.75, 3.05) is 39.5 Å². The third-order valence-electron chi connectivity index (χ3n) is 4.01. The van der Waals surface area contributed by atoms with Gasteiger partial charge in [-0.05, 0) is 35.7 Å². The van der Waals surface area contributed by atoms with Crippen LogP contribution in [0.2, 0.25) is 0 Å². The Balaban J connectivity index is 1.51. The number of carbonyl (C=O) groups is 1. The topological polar surface area (TPSA) is 82.1 Å². The lowest BCUT2D eigenvalue weighted by atomic mass is 10.3. The summed E-state index contributed by atoms with van der Waals surface area (Å²) in [5.41, 5.74) is 0.